The lowest BCUT2D eigenvalue weighted by atomic mass is 9.75. The Hall–Kier alpha value is -2.04. The molecule has 5 nitrogen and oxygen atoms in total. The van der Waals surface area contributed by atoms with Crippen LogP contribution in [0.2, 0.25) is 0 Å². The first-order chi connectivity index (χ1) is 11.1. The summed E-state index contributed by atoms with van der Waals surface area (Å²) in [6.07, 6.45) is 3.70. The van der Waals surface area contributed by atoms with E-state index in [0.29, 0.717) is 5.92 Å². The molecule has 1 fully saturated rings. The van der Waals surface area contributed by atoms with Gasteiger partial charge in [-0.25, -0.2) is 4.79 Å². The van der Waals surface area contributed by atoms with Crippen molar-refractivity contribution in [2.45, 2.75) is 51.7 Å². The van der Waals surface area contributed by atoms with E-state index in [1.54, 1.807) is 0 Å². The molecule has 0 heterocycles. The SMILES string of the molecule is CC1CCCCC1C(CC(=O)O)NC(=O)OCc1ccccc1. The molecule has 0 aliphatic heterocycles. The lowest BCUT2D eigenvalue weighted by Gasteiger charge is -2.34. The highest BCUT2D eigenvalue weighted by molar-refractivity contribution is 5.71. The van der Waals surface area contributed by atoms with Crippen molar-refractivity contribution in [3.63, 3.8) is 0 Å². The fraction of sp³-hybridized carbons (Fsp3) is 0.556. The van der Waals surface area contributed by atoms with E-state index < -0.39 is 12.1 Å². The molecule has 0 saturated heterocycles. The van der Waals surface area contributed by atoms with E-state index in [2.05, 4.69) is 12.2 Å². The molecule has 1 aliphatic carbocycles. The van der Waals surface area contributed by atoms with Gasteiger partial charge in [0.05, 0.1) is 6.42 Å². The Bertz CT molecular complexity index is 517. The third-order valence-corrected chi connectivity index (χ3v) is 4.61. The Balaban J connectivity index is 1.91. The third-order valence-electron chi connectivity index (χ3n) is 4.61. The first-order valence-corrected chi connectivity index (χ1v) is 8.25. The molecule has 5 heteroatoms. The van der Waals surface area contributed by atoms with E-state index in [-0.39, 0.29) is 25.0 Å². The number of ether oxygens (including phenoxy) is 1. The van der Waals surface area contributed by atoms with Gasteiger partial charge in [0.15, 0.2) is 0 Å². The van der Waals surface area contributed by atoms with E-state index in [0.717, 1.165) is 24.8 Å². The number of hydrogen-bond donors (Lipinski definition) is 2. The van der Waals surface area contributed by atoms with Gasteiger partial charge in [-0.2, -0.15) is 0 Å². The van der Waals surface area contributed by atoms with E-state index in [9.17, 15) is 9.59 Å². The maximum atomic E-state index is 12.0. The molecule has 3 atom stereocenters. The predicted molar refractivity (Wildman–Crippen MR) is 86.9 cm³/mol. The molecule has 1 aromatic carbocycles. The Kier molecular flexibility index (Phi) is 6.44. The zero-order valence-corrected chi connectivity index (χ0v) is 13.5. The van der Waals surface area contributed by atoms with Crippen molar-refractivity contribution >= 4 is 12.1 Å². The Morgan fingerprint density at radius 3 is 2.61 bits per heavy atom. The van der Waals surface area contributed by atoms with Gasteiger partial charge in [-0.3, -0.25) is 4.79 Å². The summed E-state index contributed by atoms with van der Waals surface area (Å²) < 4.78 is 5.22. The summed E-state index contributed by atoms with van der Waals surface area (Å²) in [5, 5.41) is 11.9. The molecule has 1 aromatic rings. The Labute approximate surface area is 137 Å². The number of carboxylic acids is 1. The number of aliphatic carboxylic acids is 1. The number of hydrogen-bond acceptors (Lipinski definition) is 3. The highest BCUT2D eigenvalue weighted by atomic mass is 16.5. The van der Waals surface area contributed by atoms with Crippen LogP contribution in [0.15, 0.2) is 30.3 Å². The molecule has 0 aromatic heterocycles. The predicted octanol–water partition coefficient (Wildman–Crippen LogP) is 3.58. The van der Waals surface area contributed by atoms with Gasteiger partial charge in [-0.05, 0) is 23.8 Å². The zero-order chi connectivity index (χ0) is 16.7. The average Bonchev–Trinajstić information content (AvgIpc) is 2.53. The lowest BCUT2D eigenvalue weighted by Crippen LogP contribution is -2.45. The van der Waals surface area contributed by atoms with E-state index in [1.807, 2.05) is 30.3 Å². The largest absolute Gasteiger partial charge is 0.481 e. The van der Waals surface area contributed by atoms with Crippen LogP contribution in [-0.4, -0.2) is 23.2 Å². The van der Waals surface area contributed by atoms with Crippen molar-refractivity contribution in [1.82, 2.24) is 5.32 Å². The van der Waals surface area contributed by atoms with Gasteiger partial charge in [-0.15, -0.1) is 0 Å². The van der Waals surface area contributed by atoms with Crippen LogP contribution in [-0.2, 0) is 16.1 Å². The van der Waals surface area contributed by atoms with Crippen LogP contribution >= 0.6 is 0 Å². The maximum absolute atomic E-state index is 12.0. The van der Waals surface area contributed by atoms with Crippen LogP contribution in [0.4, 0.5) is 4.79 Å². The van der Waals surface area contributed by atoms with Gasteiger partial charge in [0.1, 0.15) is 6.61 Å². The minimum Gasteiger partial charge on any atom is -0.481 e. The van der Waals surface area contributed by atoms with Crippen LogP contribution in [0.1, 0.15) is 44.6 Å². The smallest absolute Gasteiger partial charge is 0.407 e. The van der Waals surface area contributed by atoms with Crippen molar-refractivity contribution < 1.29 is 19.4 Å². The summed E-state index contributed by atoms with van der Waals surface area (Å²) in [6, 6.07) is 9.06. The second-order valence-corrected chi connectivity index (χ2v) is 6.34. The first-order valence-electron chi connectivity index (χ1n) is 8.25. The van der Waals surface area contributed by atoms with Crippen LogP contribution < -0.4 is 5.32 Å². The topological polar surface area (TPSA) is 75.6 Å². The number of alkyl carbamates (subject to hydrolysis) is 1. The summed E-state index contributed by atoms with van der Waals surface area (Å²) in [5.41, 5.74) is 0.906. The monoisotopic (exact) mass is 319 g/mol. The molecule has 3 unspecified atom stereocenters. The van der Waals surface area contributed by atoms with E-state index in [4.69, 9.17) is 9.84 Å². The summed E-state index contributed by atoms with van der Waals surface area (Å²) in [6.45, 7) is 2.32. The number of nitrogens with one attached hydrogen (secondary N) is 1. The van der Waals surface area contributed by atoms with Gasteiger partial charge in [0, 0.05) is 6.04 Å². The second-order valence-electron chi connectivity index (χ2n) is 6.34. The number of amides is 1. The van der Waals surface area contributed by atoms with Crippen molar-refractivity contribution in [2.24, 2.45) is 11.8 Å². The molecule has 0 bridgehead atoms. The van der Waals surface area contributed by atoms with E-state index >= 15 is 0 Å². The number of carbonyl (C=O) groups is 2. The molecule has 1 aliphatic rings. The molecular weight excluding hydrogens is 294 g/mol. The molecule has 2 rings (SSSR count). The van der Waals surface area contributed by atoms with Gasteiger partial charge in [0.2, 0.25) is 0 Å². The summed E-state index contributed by atoms with van der Waals surface area (Å²) >= 11 is 0. The van der Waals surface area contributed by atoms with Crippen molar-refractivity contribution in [3.05, 3.63) is 35.9 Å². The van der Waals surface area contributed by atoms with Crippen LogP contribution in [0.3, 0.4) is 0 Å². The zero-order valence-electron chi connectivity index (χ0n) is 13.5. The average molecular weight is 319 g/mol. The summed E-state index contributed by atoms with van der Waals surface area (Å²) in [5.74, 6) is -0.275. The fourth-order valence-electron chi connectivity index (χ4n) is 3.36. The van der Waals surface area contributed by atoms with Crippen LogP contribution in [0.5, 0.6) is 0 Å². The van der Waals surface area contributed by atoms with Gasteiger partial charge >= 0.3 is 12.1 Å². The Morgan fingerprint density at radius 2 is 1.96 bits per heavy atom. The molecule has 0 radical (unpaired) electrons. The van der Waals surface area contributed by atoms with Gasteiger partial charge in [0.25, 0.3) is 0 Å². The summed E-state index contributed by atoms with van der Waals surface area (Å²) in [7, 11) is 0. The highest BCUT2D eigenvalue weighted by Gasteiger charge is 2.32. The number of benzene rings is 1. The molecule has 126 valence electrons. The quantitative estimate of drug-likeness (QED) is 0.840. The lowest BCUT2D eigenvalue weighted by molar-refractivity contribution is -0.138. The third kappa shape index (κ3) is 5.58. The van der Waals surface area contributed by atoms with Crippen LogP contribution in [0, 0.1) is 11.8 Å². The minimum atomic E-state index is -0.892. The highest BCUT2D eigenvalue weighted by Crippen LogP contribution is 2.33. The van der Waals surface area contributed by atoms with Gasteiger partial charge < -0.3 is 15.2 Å². The minimum absolute atomic E-state index is 0.0601. The standard InChI is InChI=1S/C18H25NO4/c1-13-7-5-6-10-15(13)16(11-17(20)21)19-18(22)23-12-14-8-3-2-4-9-14/h2-4,8-9,13,15-16H,5-7,10-12H2,1H3,(H,19,22)(H,20,21). The normalized spacial score (nSPS) is 22.1. The number of rotatable bonds is 6. The molecular formula is C18H25NO4. The molecule has 23 heavy (non-hydrogen) atoms. The number of carbonyl (C=O) groups excluding carboxylic acids is 1. The fourth-order valence-corrected chi connectivity index (χ4v) is 3.36. The second kappa shape index (κ2) is 8.56. The van der Waals surface area contributed by atoms with Crippen LogP contribution in [0.25, 0.3) is 0 Å². The molecule has 2 N–H and O–H groups in total. The van der Waals surface area contributed by atoms with Gasteiger partial charge in [-0.1, -0.05) is 56.5 Å². The Morgan fingerprint density at radius 1 is 1.26 bits per heavy atom. The number of carboxylic acid groups (broad SMARTS) is 1. The molecule has 1 amide bonds. The van der Waals surface area contributed by atoms with E-state index in [1.165, 1.54) is 6.42 Å². The molecule has 0 spiro atoms. The van der Waals surface area contributed by atoms with Crippen molar-refractivity contribution in [1.29, 1.82) is 0 Å². The van der Waals surface area contributed by atoms with Crippen molar-refractivity contribution in [2.75, 3.05) is 0 Å². The summed E-state index contributed by atoms with van der Waals surface area (Å²) in [4.78, 5) is 23.2. The molecule has 1 saturated carbocycles. The maximum Gasteiger partial charge on any atom is 0.407 e. The first kappa shape index (κ1) is 17.3. The van der Waals surface area contributed by atoms with Crippen molar-refractivity contribution in [3.8, 4) is 0 Å².